The maximum absolute atomic E-state index is 13.2. The van der Waals surface area contributed by atoms with Crippen LogP contribution in [-0.4, -0.2) is 5.54 Å². The second-order valence-electron chi connectivity index (χ2n) is 6.36. The summed E-state index contributed by atoms with van der Waals surface area (Å²) in [5.74, 6) is 0.651. The third-order valence-corrected chi connectivity index (χ3v) is 5.33. The smallest absolute Gasteiger partial charge is 0.124 e. The summed E-state index contributed by atoms with van der Waals surface area (Å²) in [6.07, 6.45) is 9.38. The molecule has 1 aliphatic carbocycles. The van der Waals surface area contributed by atoms with Gasteiger partial charge in [0.25, 0.3) is 0 Å². The lowest BCUT2D eigenvalue weighted by Gasteiger charge is -2.29. The first-order valence-electron chi connectivity index (χ1n) is 7.75. The summed E-state index contributed by atoms with van der Waals surface area (Å²) >= 11 is 3.46. The Morgan fingerprint density at radius 1 is 1.35 bits per heavy atom. The van der Waals surface area contributed by atoms with Gasteiger partial charge in [-0.1, -0.05) is 54.6 Å². The molecule has 2 rings (SSSR count). The van der Waals surface area contributed by atoms with Crippen molar-refractivity contribution in [2.75, 3.05) is 0 Å². The molecule has 112 valence electrons. The minimum absolute atomic E-state index is 0.122. The van der Waals surface area contributed by atoms with Gasteiger partial charge in [0.1, 0.15) is 5.82 Å². The molecule has 20 heavy (non-hydrogen) atoms. The highest BCUT2D eigenvalue weighted by molar-refractivity contribution is 9.10. The normalized spacial score (nSPS) is 27.3. The van der Waals surface area contributed by atoms with Gasteiger partial charge in [-0.05, 0) is 49.3 Å². The van der Waals surface area contributed by atoms with E-state index < -0.39 is 0 Å². The van der Waals surface area contributed by atoms with Gasteiger partial charge in [-0.15, -0.1) is 0 Å². The molecule has 2 N–H and O–H groups in total. The Bertz CT molecular complexity index is 449. The van der Waals surface area contributed by atoms with Crippen LogP contribution in [0.4, 0.5) is 4.39 Å². The van der Waals surface area contributed by atoms with Gasteiger partial charge in [-0.25, -0.2) is 4.39 Å². The lowest BCUT2D eigenvalue weighted by molar-refractivity contribution is 0.354. The fraction of sp³-hybridized carbons (Fsp3) is 0.647. The molecule has 0 aromatic heterocycles. The molecule has 2 atom stereocenters. The molecular weight excluding hydrogens is 317 g/mol. The monoisotopic (exact) mass is 341 g/mol. The molecular formula is C17H25BrFN. The largest absolute Gasteiger partial charge is 0.325 e. The van der Waals surface area contributed by atoms with E-state index in [2.05, 4.69) is 22.9 Å². The number of halogens is 2. The van der Waals surface area contributed by atoms with Crippen LogP contribution in [0.5, 0.6) is 0 Å². The van der Waals surface area contributed by atoms with Crippen molar-refractivity contribution in [3.63, 3.8) is 0 Å². The van der Waals surface area contributed by atoms with Gasteiger partial charge < -0.3 is 5.73 Å². The summed E-state index contributed by atoms with van der Waals surface area (Å²) in [5, 5.41) is 0. The zero-order valence-electron chi connectivity index (χ0n) is 12.3. The van der Waals surface area contributed by atoms with E-state index in [4.69, 9.17) is 5.73 Å². The second kappa shape index (κ2) is 7.04. The van der Waals surface area contributed by atoms with E-state index in [0.717, 1.165) is 35.2 Å². The fourth-order valence-corrected chi connectivity index (χ4v) is 3.91. The summed E-state index contributed by atoms with van der Waals surface area (Å²) in [6, 6.07) is 4.93. The van der Waals surface area contributed by atoms with Gasteiger partial charge in [0.2, 0.25) is 0 Å². The molecule has 0 amide bonds. The highest BCUT2D eigenvalue weighted by Gasteiger charge is 2.29. The van der Waals surface area contributed by atoms with Crippen LogP contribution in [0.25, 0.3) is 0 Å². The van der Waals surface area contributed by atoms with Crippen molar-refractivity contribution >= 4 is 15.9 Å². The maximum Gasteiger partial charge on any atom is 0.124 e. The second-order valence-corrected chi connectivity index (χ2v) is 7.21. The van der Waals surface area contributed by atoms with Crippen LogP contribution in [0.2, 0.25) is 0 Å². The lowest BCUT2D eigenvalue weighted by atomic mass is 9.84. The van der Waals surface area contributed by atoms with Crippen LogP contribution < -0.4 is 5.73 Å². The van der Waals surface area contributed by atoms with E-state index in [9.17, 15) is 4.39 Å². The van der Waals surface area contributed by atoms with Crippen molar-refractivity contribution < 1.29 is 4.39 Å². The van der Waals surface area contributed by atoms with Crippen molar-refractivity contribution in [2.24, 2.45) is 11.7 Å². The Morgan fingerprint density at radius 3 is 2.85 bits per heavy atom. The molecule has 3 heteroatoms. The molecule has 1 nitrogen and oxygen atoms in total. The van der Waals surface area contributed by atoms with Crippen LogP contribution in [0.15, 0.2) is 22.7 Å². The van der Waals surface area contributed by atoms with Crippen LogP contribution in [0.3, 0.4) is 0 Å². The molecule has 0 heterocycles. The predicted molar refractivity (Wildman–Crippen MR) is 86.2 cm³/mol. The molecule has 1 aromatic carbocycles. The molecule has 0 bridgehead atoms. The summed E-state index contributed by atoms with van der Waals surface area (Å²) in [7, 11) is 0. The molecule has 1 saturated carbocycles. The van der Waals surface area contributed by atoms with Gasteiger partial charge >= 0.3 is 0 Å². The van der Waals surface area contributed by atoms with E-state index in [1.54, 1.807) is 0 Å². The summed E-state index contributed by atoms with van der Waals surface area (Å²) in [4.78, 5) is 0. The first-order chi connectivity index (χ1) is 9.52. The van der Waals surface area contributed by atoms with Crippen LogP contribution in [-0.2, 0) is 6.42 Å². The van der Waals surface area contributed by atoms with Crippen molar-refractivity contribution in [1.29, 1.82) is 0 Å². The summed E-state index contributed by atoms with van der Waals surface area (Å²) in [5.41, 5.74) is 7.65. The summed E-state index contributed by atoms with van der Waals surface area (Å²) in [6.45, 7) is 2.26. The minimum atomic E-state index is -0.199. The number of rotatable bonds is 4. The van der Waals surface area contributed by atoms with Gasteiger partial charge in [-0.2, -0.15) is 0 Å². The van der Waals surface area contributed by atoms with E-state index >= 15 is 0 Å². The molecule has 0 aliphatic heterocycles. The molecule has 1 aliphatic rings. The number of hydrogen-bond acceptors (Lipinski definition) is 1. The van der Waals surface area contributed by atoms with Crippen molar-refractivity contribution in [1.82, 2.24) is 0 Å². The van der Waals surface area contributed by atoms with Crippen molar-refractivity contribution in [3.8, 4) is 0 Å². The number of hydrogen-bond donors (Lipinski definition) is 1. The van der Waals surface area contributed by atoms with E-state index in [-0.39, 0.29) is 11.4 Å². The molecule has 1 fully saturated rings. The van der Waals surface area contributed by atoms with E-state index in [1.165, 1.54) is 44.2 Å². The third-order valence-electron chi connectivity index (χ3n) is 4.59. The number of benzene rings is 1. The zero-order chi connectivity index (χ0) is 14.6. The number of nitrogens with two attached hydrogens (primary N) is 1. The predicted octanol–water partition coefficient (Wildman–Crippen LogP) is 5.21. The molecule has 0 radical (unpaired) electrons. The Morgan fingerprint density at radius 2 is 2.15 bits per heavy atom. The average Bonchev–Trinajstić information content (AvgIpc) is 2.57. The van der Waals surface area contributed by atoms with E-state index in [0.29, 0.717) is 0 Å². The molecule has 0 spiro atoms. The van der Waals surface area contributed by atoms with Gasteiger partial charge in [-0.3, -0.25) is 0 Å². The lowest BCUT2D eigenvalue weighted by Crippen LogP contribution is -2.41. The Balaban J connectivity index is 2.03. The highest BCUT2D eigenvalue weighted by atomic mass is 79.9. The zero-order valence-corrected chi connectivity index (χ0v) is 13.9. The van der Waals surface area contributed by atoms with Crippen LogP contribution in [0, 0.1) is 11.7 Å². The third kappa shape index (κ3) is 4.29. The SMILES string of the molecule is CCCC1CCCC(N)(Cc2ccc(F)cc2Br)CC1. The van der Waals surface area contributed by atoms with Gasteiger partial charge in [0.15, 0.2) is 0 Å². The topological polar surface area (TPSA) is 26.0 Å². The Hall–Kier alpha value is -0.410. The summed E-state index contributed by atoms with van der Waals surface area (Å²) < 4.78 is 14.0. The molecule has 1 aromatic rings. The van der Waals surface area contributed by atoms with Crippen molar-refractivity contribution in [3.05, 3.63) is 34.1 Å². The Labute approximate surface area is 130 Å². The first-order valence-corrected chi connectivity index (χ1v) is 8.54. The average molecular weight is 342 g/mol. The fourth-order valence-electron chi connectivity index (χ4n) is 3.42. The van der Waals surface area contributed by atoms with Gasteiger partial charge in [0, 0.05) is 10.0 Å². The van der Waals surface area contributed by atoms with Crippen molar-refractivity contribution in [2.45, 2.75) is 63.8 Å². The van der Waals surface area contributed by atoms with Crippen LogP contribution in [0.1, 0.15) is 57.4 Å². The van der Waals surface area contributed by atoms with Crippen LogP contribution >= 0.6 is 15.9 Å². The maximum atomic E-state index is 13.2. The quantitative estimate of drug-likeness (QED) is 0.747. The van der Waals surface area contributed by atoms with Gasteiger partial charge in [0.05, 0.1) is 0 Å². The minimum Gasteiger partial charge on any atom is -0.325 e. The van der Waals surface area contributed by atoms with E-state index in [1.807, 2.05) is 6.07 Å². The first kappa shape index (κ1) is 16.0. The molecule has 2 unspecified atom stereocenters. The molecule has 0 saturated heterocycles. The standard InChI is InChI=1S/C17H25BrFN/c1-2-4-13-5-3-9-17(20,10-8-13)12-14-6-7-15(19)11-16(14)18/h6-7,11,13H,2-5,8-10,12,20H2,1H3. The Kier molecular flexibility index (Phi) is 5.62. The highest BCUT2D eigenvalue weighted by Crippen LogP contribution is 2.34.